The Balaban J connectivity index is 4.80. The van der Waals surface area contributed by atoms with Crippen molar-refractivity contribution in [3.8, 4) is 0 Å². The van der Waals surface area contributed by atoms with Gasteiger partial charge in [-0.05, 0) is 66.7 Å². The summed E-state index contributed by atoms with van der Waals surface area (Å²) in [5.41, 5.74) is 5.45. The normalized spacial score (nSPS) is 13.3. The first-order valence-corrected chi connectivity index (χ1v) is 11.5. The molecule has 0 rings (SSSR count). The van der Waals surface area contributed by atoms with Crippen molar-refractivity contribution < 1.29 is 0 Å². The SMILES string of the molecule is CNCC(C)(CNC)CN[C@@H](C)NCC(CNC)(CNC)NC(=S)NCCCCN. The van der Waals surface area contributed by atoms with Gasteiger partial charge >= 0.3 is 0 Å². The average Bonchev–Trinajstić information content (AvgIpc) is 2.69. The van der Waals surface area contributed by atoms with Crippen LogP contribution in [0.3, 0.4) is 0 Å². The lowest BCUT2D eigenvalue weighted by atomic mass is 9.90. The van der Waals surface area contributed by atoms with Gasteiger partial charge in [-0.25, -0.2) is 0 Å². The third-order valence-electron chi connectivity index (χ3n) is 5.11. The molecule has 0 saturated heterocycles. The molecule has 0 radical (unpaired) electrons. The van der Waals surface area contributed by atoms with Gasteiger partial charge in [-0.3, -0.25) is 5.32 Å². The molecule has 0 spiro atoms. The number of rotatable bonds is 19. The molecule has 0 aliphatic heterocycles. The summed E-state index contributed by atoms with van der Waals surface area (Å²) in [5.74, 6) is 0. The fraction of sp³-hybridized carbons (Fsp3) is 0.950. The Morgan fingerprint density at radius 1 is 0.833 bits per heavy atom. The van der Waals surface area contributed by atoms with Crippen LogP contribution in [0.15, 0.2) is 0 Å². The molecule has 0 heterocycles. The molecule has 0 aromatic heterocycles. The lowest BCUT2D eigenvalue weighted by Gasteiger charge is -2.38. The maximum atomic E-state index is 5.57. The predicted molar refractivity (Wildman–Crippen MR) is 134 cm³/mol. The fourth-order valence-electron chi connectivity index (χ4n) is 3.61. The summed E-state index contributed by atoms with van der Waals surface area (Å²) in [6.45, 7) is 11.1. The minimum atomic E-state index is -0.253. The Bertz CT molecular complexity index is 425. The lowest BCUT2D eigenvalue weighted by Crippen LogP contribution is -2.67. The highest BCUT2D eigenvalue weighted by Crippen LogP contribution is 2.12. The highest BCUT2D eigenvalue weighted by Gasteiger charge is 2.30. The number of unbranched alkanes of at least 4 members (excludes halogenated alkanes) is 1. The smallest absolute Gasteiger partial charge is 0.166 e. The van der Waals surface area contributed by atoms with Crippen LogP contribution >= 0.6 is 12.2 Å². The molecule has 0 unspecified atom stereocenters. The van der Waals surface area contributed by atoms with E-state index in [4.69, 9.17) is 18.0 Å². The molecule has 0 bridgehead atoms. The van der Waals surface area contributed by atoms with Crippen molar-refractivity contribution in [1.82, 2.24) is 42.5 Å². The second-order valence-electron chi connectivity index (χ2n) is 8.57. The van der Waals surface area contributed by atoms with Crippen LogP contribution in [0.2, 0.25) is 0 Å². The van der Waals surface area contributed by atoms with Crippen molar-refractivity contribution in [2.75, 3.05) is 80.5 Å². The van der Waals surface area contributed by atoms with E-state index < -0.39 is 0 Å². The molecule has 180 valence electrons. The van der Waals surface area contributed by atoms with Gasteiger partial charge in [0.25, 0.3) is 0 Å². The summed E-state index contributed by atoms with van der Waals surface area (Å²) in [6, 6.07) is 0. The van der Waals surface area contributed by atoms with Crippen molar-refractivity contribution in [3.05, 3.63) is 0 Å². The molecule has 0 aromatic rings. The number of hydrogen-bond donors (Lipinski definition) is 9. The molecule has 0 amide bonds. The molecule has 0 fully saturated rings. The summed E-state index contributed by atoms with van der Waals surface area (Å²) in [7, 11) is 7.93. The van der Waals surface area contributed by atoms with Crippen LogP contribution in [-0.2, 0) is 0 Å². The molecule has 30 heavy (non-hydrogen) atoms. The van der Waals surface area contributed by atoms with Crippen molar-refractivity contribution in [2.45, 2.75) is 38.4 Å². The van der Waals surface area contributed by atoms with Crippen LogP contribution in [0.4, 0.5) is 0 Å². The molecule has 10 heteroatoms. The highest BCUT2D eigenvalue weighted by atomic mass is 32.1. The van der Waals surface area contributed by atoms with Gasteiger partial charge in [0.1, 0.15) is 0 Å². The zero-order valence-corrected chi connectivity index (χ0v) is 21.0. The number of thiocarbonyl (C=S) groups is 1. The minimum absolute atomic E-state index is 0.139. The second-order valence-corrected chi connectivity index (χ2v) is 8.98. The summed E-state index contributed by atoms with van der Waals surface area (Å²) >= 11 is 5.55. The molecule has 0 aliphatic carbocycles. The Morgan fingerprint density at radius 3 is 1.87 bits per heavy atom. The Morgan fingerprint density at radius 2 is 1.37 bits per heavy atom. The second kappa shape index (κ2) is 17.0. The summed E-state index contributed by atoms with van der Waals surface area (Å²) in [5, 5.41) is 28.0. The number of hydrogen-bond acceptors (Lipinski definition) is 8. The summed E-state index contributed by atoms with van der Waals surface area (Å²) < 4.78 is 0. The first-order valence-electron chi connectivity index (χ1n) is 11.1. The van der Waals surface area contributed by atoms with Gasteiger partial charge in [-0.2, -0.15) is 0 Å². The van der Waals surface area contributed by atoms with E-state index in [1.54, 1.807) is 0 Å². The lowest BCUT2D eigenvalue weighted by molar-refractivity contribution is 0.254. The minimum Gasteiger partial charge on any atom is -0.363 e. The Kier molecular flexibility index (Phi) is 16.7. The fourth-order valence-corrected chi connectivity index (χ4v) is 3.93. The van der Waals surface area contributed by atoms with Crippen molar-refractivity contribution in [3.63, 3.8) is 0 Å². The van der Waals surface area contributed by atoms with Crippen LogP contribution in [0.1, 0.15) is 26.7 Å². The molecule has 9 nitrogen and oxygen atoms in total. The van der Waals surface area contributed by atoms with E-state index in [1.807, 2.05) is 28.2 Å². The van der Waals surface area contributed by atoms with Crippen LogP contribution in [0, 0.1) is 5.41 Å². The quantitative estimate of drug-likeness (QED) is 0.0646. The summed E-state index contributed by atoms with van der Waals surface area (Å²) in [4.78, 5) is 0. The van der Waals surface area contributed by atoms with Crippen molar-refractivity contribution in [1.29, 1.82) is 0 Å². The molecule has 0 aliphatic rings. The monoisotopic (exact) mass is 447 g/mol. The zero-order valence-electron chi connectivity index (χ0n) is 20.1. The zero-order chi connectivity index (χ0) is 22.9. The Labute approximate surface area is 190 Å². The van der Waals surface area contributed by atoms with Gasteiger partial charge in [0.15, 0.2) is 5.11 Å². The van der Waals surface area contributed by atoms with E-state index in [-0.39, 0.29) is 17.1 Å². The van der Waals surface area contributed by atoms with E-state index in [1.165, 1.54) is 0 Å². The maximum Gasteiger partial charge on any atom is 0.166 e. The molecular formula is C20H49N9S. The van der Waals surface area contributed by atoms with E-state index in [9.17, 15) is 0 Å². The van der Waals surface area contributed by atoms with Crippen molar-refractivity contribution >= 4 is 17.3 Å². The van der Waals surface area contributed by atoms with Gasteiger partial charge in [-0.15, -0.1) is 0 Å². The third-order valence-corrected chi connectivity index (χ3v) is 5.36. The molecule has 0 aromatic carbocycles. The highest BCUT2D eigenvalue weighted by molar-refractivity contribution is 7.80. The van der Waals surface area contributed by atoms with Gasteiger partial charge in [0.2, 0.25) is 0 Å². The largest absolute Gasteiger partial charge is 0.363 e. The van der Waals surface area contributed by atoms with Gasteiger partial charge in [-0.1, -0.05) is 6.92 Å². The Hall–Kier alpha value is -0.590. The number of likely N-dealkylation sites (N-methyl/N-ethyl adjacent to an activating group) is 2. The standard InChI is InChI=1S/C20H49N9S/c1-17(27-13-19(2,11-22-3)12-23-4)28-16-20(14-24-5,15-25-6)29-18(30)26-10-8-7-9-21/h17,22-25,27-28H,7-16,21H2,1-6H3,(H2,26,29,30)/t17-/m1/s1. The van der Waals surface area contributed by atoms with Crippen LogP contribution in [0.5, 0.6) is 0 Å². The van der Waals surface area contributed by atoms with Crippen LogP contribution < -0.4 is 48.3 Å². The molecule has 1 atom stereocenters. The maximum absolute atomic E-state index is 5.57. The van der Waals surface area contributed by atoms with E-state index >= 15 is 0 Å². The van der Waals surface area contributed by atoms with E-state index in [0.29, 0.717) is 11.7 Å². The first kappa shape index (κ1) is 29.4. The van der Waals surface area contributed by atoms with E-state index in [0.717, 1.165) is 58.7 Å². The van der Waals surface area contributed by atoms with E-state index in [2.05, 4.69) is 56.4 Å². The van der Waals surface area contributed by atoms with Crippen molar-refractivity contribution in [2.24, 2.45) is 11.1 Å². The van der Waals surface area contributed by atoms with Crippen LogP contribution in [0.25, 0.3) is 0 Å². The molecule has 0 saturated carbocycles. The summed E-state index contributed by atoms with van der Waals surface area (Å²) in [6.07, 6.45) is 2.18. The van der Waals surface area contributed by atoms with Gasteiger partial charge < -0.3 is 43.0 Å². The van der Waals surface area contributed by atoms with Gasteiger partial charge in [0, 0.05) is 51.2 Å². The van der Waals surface area contributed by atoms with Gasteiger partial charge in [0.05, 0.1) is 11.7 Å². The predicted octanol–water partition coefficient (Wildman–Crippen LogP) is -1.66. The third kappa shape index (κ3) is 13.0. The molecular weight excluding hydrogens is 398 g/mol. The topological polar surface area (TPSA) is 122 Å². The first-order chi connectivity index (χ1) is 14.3. The molecule has 10 N–H and O–H groups in total. The average molecular weight is 448 g/mol. The number of nitrogens with one attached hydrogen (secondary N) is 8. The number of nitrogens with two attached hydrogens (primary N) is 1. The van der Waals surface area contributed by atoms with Crippen LogP contribution in [-0.4, -0.2) is 97.4 Å².